The van der Waals surface area contributed by atoms with E-state index < -0.39 is 11.9 Å². The summed E-state index contributed by atoms with van der Waals surface area (Å²) in [7, 11) is 2.10. The SMILES string of the molecule is CCN(CC)c1ccc(/C=C(\C#N)C(=O)Oc2ccnc(OC(=O)/C(C#N)=C/c3ccc(N4CCN(C)CC4)cc3)c2)cc1. The molecule has 1 saturated heterocycles. The van der Waals surface area contributed by atoms with Crippen LogP contribution in [0.2, 0.25) is 0 Å². The van der Waals surface area contributed by atoms with Gasteiger partial charge in [-0.15, -0.1) is 0 Å². The molecule has 1 aliphatic rings. The van der Waals surface area contributed by atoms with Crippen molar-refractivity contribution in [3.63, 3.8) is 0 Å². The summed E-state index contributed by atoms with van der Waals surface area (Å²) in [6, 6.07) is 21.5. The largest absolute Gasteiger partial charge is 0.422 e. The Morgan fingerprint density at radius 1 is 0.841 bits per heavy atom. The van der Waals surface area contributed by atoms with Gasteiger partial charge in [0.1, 0.15) is 29.0 Å². The third kappa shape index (κ3) is 8.31. The molecular weight excluding hydrogens is 556 g/mol. The van der Waals surface area contributed by atoms with E-state index >= 15 is 0 Å². The van der Waals surface area contributed by atoms with Gasteiger partial charge in [-0.3, -0.25) is 0 Å². The maximum Gasteiger partial charge on any atom is 0.355 e. The zero-order valence-corrected chi connectivity index (χ0v) is 25.1. The van der Waals surface area contributed by atoms with E-state index in [4.69, 9.17) is 9.47 Å². The number of pyridine rings is 1. The highest BCUT2D eigenvalue weighted by Crippen LogP contribution is 2.22. The van der Waals surface area contributed by atoms with Crippen molar-refractivity contribution in [1.29, 1.82) is 10.5 Å². The van der Waals surface area contributed by atoms with Gasteiger partial charge in [0.05, 0.1) is 0 Å². The molecule has 10 nitrogen and oxygen atoms in total. The highest BCUT2D eigenvalue weighted by atomic mass is 16.5. The average molecular weight is 591 g/mol. The number of benzene rings is 2. The third-order valence-corrected chi connectivity index (χ3v) is 7.20. The molecule has 4 rings (SSSR count). The Balaban J connectivity index is 1.40. The molecule has 2 heterocycles. The van der Waals surface area contributed by atoms with Crippen LogP contribution in [0.5, 0.6) is 11.6 Å². The van der Waals surface area contributed by atoms with Gasteiger partial charge in [0.2, 0.25) is 5.88 Å². The van der Waals surface area contributed by atoms with Crippen LogP contribution < -0.4 is 19.3 Å². The van der Waals surface area contributed by atoms with Crippen LogP contribution in [0.4, 0.5) is 11.4 Å². The lowest BCUT2D eigenvalue weighted by Crippen LogP contribution is -2.44. The number of esters is 2. The summed E-state index contributed by atoms with van der Waals surface area (Å²) in [5, 5.41) is 19.2. The molecule has 44 heavy (non-hydrogen) atoms. The lowest BCUT2D eigenvalue weighted by Gasteiger charge is -2.34. The van der Waals surface area contributed by atoms with Crippen LogP contribution in [0, 0.1) is 22.7 Å². The Bertz CT molecular complexity index is 1610. The fourth-order valence-corrected chi connectivity index (χ4v) is 4.65. The number of piperazine rings is 1. The summed E-state index contributed by atoms with van der Waals surface area (Å²) in [5.74, 6) is -1.92. The van der Waals surface area contributed by atoms with Crippen LogP contribution in [0.1, 0.15) is 25.0 Å². The Hall–Kier alpha value is -5.45. The lowest BCUT2D eigenvalue weighted by molar-refractivity contribution is -0.130. The topological polar surface area (TPSA) is 123 Å². The fourth-order valence-electron chi connectivity index (χ4n) is 4.65. The number of ether oxygens (including phenoxy) is 2. The van der Waals surface area contributed by atoms with Gasteiger partial charge in [-0.2, -0.15) is 10.5 Å². The van der Waals surface area contributed by atoms with Crippen LogP contribution in [-0.2, 0) is 9.59 Å². The van der Waals surface area contributed by atoms with E-state index in [1.807, 2.05) is 60.7 Å². The molecule has 1 aromatic heterocycles. The Kier molecular flexibility index (Phi) is 10.8. The highest BCUT2D eigenvalue weighted by Gasteiger charge is 2.17. The number of nitriles is 2. The van der Waals surface area contributed by atoms with Gasteiger partial charge in [0, 0.05) is 62.9 Å². The summed E-state index contributed by atoms with van der Waals surface area (Å²) in [5.41, 5.74) is 3.04. The predicted molar refractivity (Wildman–Crippen MR) is 169 cm³/mol. The van der Waals surface area contributed by atoms with E-state index in [1.165, 1.54) is 30.5 Å². The number of carbonyl (C=O) groups excluding carboxylic acids is 2. The minimum atomic E-state index is -0.905. The van der Waals surface area contributed by atoms with E-state index in [-0.39, 0.29) is 22.8 Å². The second kappa shape index (κ2) is 15.1. The van der Waals surface area contributed by atoms with Crippen LogP contribution in [0.15, 0.2) is 78.0 Å². The number of rotatable bonds is 10. The molecule has 0 saturated carbocycles. The summed E-state index contributed by atoms with van der Waals surface area (Å²) in [6.07, 6.45) is 4.18. The summed E-state index contributed by atoms with van der Waals surface area (Å²) in [4.78, 5) is 36.2. The number of hydrogen-bond acceptors (Lipinski definition) is 10. The number of aromatic nitrogens is 1. The second-order valence-electron chi connectivity index (χ2n) is 10.1. The van der Waals surface area contributed by atoms with Crippen LogP contribution >= 0.6 is 0 Å². The molecule has 0 unspecified atom stereocenters. The van der Waals surface area contributed by atoms with E-state index in [0.29, 0.717) is 11.1 Å². The molecule has 0 bridgehead atoms. The van der Waals surface area contributed by atoms with Gasteiger partial charge in [-0.1, -0.05) is 24.3 Å². The molecule has 2 aromatic carbocycles. The molecule has 1 aliphatic heterocycles. The summed E-state index contributed by atoms with van der Waals surface area (Å²) in [6.45, 7) is 9.71. The molecule has 10 heteroatoms. The molecule has 0 atom stereocenters. The van der Waals surface area contributed by atoms with Gasteiger partial charge < -0.3 is 24.2 Å². The van der Waals surface area contributed by atoms with Gasteiger partial charge in [0.15, 0.2) is 0 Å². The van der Waals surface area contributed by atoms with Gasteiger partial charge in [-0.25, -0.2) is 14.6 Å². The zero-order valence-electron chi connectivity index (χ0n) is 25.1. The number of carbonyl (C=O) groups is 2. The minimum Gasteiger partial charge on any atom is -0.422 e. The van der Waals surface area contributed by atoms with Crippen molar-refractivity contribution in [2.75, 3.05) is 56.1 Å². The van der Waals surface area contributed by atoms with Crippen molar-refractivity contribution in [3.05, 3.63) is 89.1 Å². The molecule has 0 spiro atoms. The highest BCUT2D eigenvalue weighted by molar-refractivity contribution is 6.00. The van der Waals surface area contributed by atoms with Crippen LogP contribution in [0.25, 0.3) is 12.2 Å². The third-order valence-electron chi connectivity index (χ3n) is 7.20. The van der Waals surface area contributed by atoms with Crippen LogP contribution in [0.3, 0.4) is 0 Å². The molecule has 3 aromatic rings. The number of nitrogens with zero attached hydrogens (tertiary/aromatic N) is 6. The zero-order chi connectivity index (χ0) is 31.5. The van der Waals surface area contributed by atoms with Gasteiger partial charge >= 0.3 is 11.9 Å². The lowest BCUT2D eigenvalue weighted by atomic mass is 10.1. The van der Waals surface area contributed by atoms with Crippen molar-refractivity contribution in [1.82, 2.24) is 9.88 Å². The van der Waals surface area contributed by atoms with E-state index in [2.05, 4.69) is 40.6 Å². The first-order chi connectivity index (χ1) is 21.3. The van der Waals surface area contributed by atoms with Crippen molar-refractivity contribution >= 4 is 35.5 Å². The Morgan fingerprint density at radius 3 is 1.93 bits per heavy atom. The van der Waals surface area contributed by atoms with Gasteiger partial charge in [-0.05, 0) is 74.5 Å². The van der Waals surface area contributed by atoms with Crippen molar-refractivity contribution in [2.45, 2.75) is 13.8 Å². The molecule has 0 radical (unpaired) electrons. The summed E-state index contributed by atoms with van der Waals surface area (Å²) >= 11 is 0. The van der Waals surface area contributed by atoms with Crippen molar-refractivity contribution < 1.29 is 19.1 Å². The Morgan fingerprint density at radius 2 is 1.39 bits per heavy atom. The first kappa shape index (κ1) is 31.5. The Labute approximate surface area is 257 Å². The van der Waals surface area contributed by atoms with Crippen LogP contribution in [-0.4, -0.2) is 68.1 Å². The average Bonchev–Trinajstić information content (AvgIpc) is 3.04. The van der Waals surface area contributed by atoms with Crippen molar-refractivity contribution in [3.8, 4) is 23.8 Å². The van der Waals surface area contributed by atoms with Crippen molar-refractivity contribution in [2.24, 2.45) is 0 Å². The standard InChI is InChI=1S/C34H34N6O4/c1-4-39(5-2)29-10-6-25(7-11-29)20-27(23-35)33(41)43-31-14-15-37-32(22-31)44-34(42)28(24-36)21-26-8-12-30(13-9-26)40-18-16-38(3)17-19-40/h6-15,20-22H,4-5,16-19H2,1-3H3/b27-20+,28-21+. The van der Waals surface area contributed by atoms with E-state index in [0.717, 1.165) is 50.6 Å². The maximum atomic E-state index is 12.8. The molecule has 0 N–H and O–H groups in total. The van der Waals surface area contributed by atoms with E-state index in [9.17, 15) is 20.1 Å². The fraction of sp³-hybridized carbons (Fsp3) is 0.265. The van der Waals surface area contributed by atoms with E-state index in [1.54, 1.807) is 0 Å². The quantitative estimate of drug-likeness (QED) is 0.186. The second-order valence-corrected chi connectivity index (χ2v) is 10.1. The molecule has 0 amide bonds. The van der Waals surface area contributed by atoms with Gasteiger partial charge in [0.25, 0.3) is 0 Å². The predicted octanol–water partition coefficient (Wildman–Crippen LogP) is 4.70. The smallest absolute Gasteiger partial charge is 0.355 e. The molecule has 224 valence electrons. The maximum absolute atomic E-state index is 12.8. The first-order valence-electron chi connectivity index (χ1n) is 14.4. The molecule has 0 aliphatic carbocycles. The summed E-state index contributed by atoms with van der Waals surface area (Å²) < 4.78 is 10.6. The first-order valence-corrected chi connectivity index (χ1v) is 14.4. The molecular formula is C34H34N6O4. The number of hydrogen-bond donors (Lipinski definition) is 0. The number of anilines is 2. The monoisotopic (exact) mass is 590 g/mol. The number of likely N-dealkylation sites (N-methyl/N-ethyl adjacent to an activating group) is 1. The normalized spacial score (nSPS) is 13.9. The minimum absolute atomic E-state index is 0.0211. The molecule has 1 fully saturated rings.